The van der Waals surface area contributed by atoms with E-state index in [0.29, 0.717) is 6.07 Å². The van der Waals surface area contributed by atoms with Gasteiger partial charge < -0.3 is 10.5 Å². The third-order valence-corrected chi connectivity index (χ3v) is 1.76. The summed E-state index contributed by atoms with van der Waals surface area (Å²) in [5, 5.41) is 8.61. The number of anilines is 1. The van der Waals surface area contributed by atoms with Crippen LogP contribution in [0.3, 0.4) is 0 Å². The van der Waals surface area contributed by atoms with Crippen LogP contribution >= 0.6 is 0 Å². The molecule has 1 aromatic rings. The first kappa shape index (κ1) is 11.2. The first-order valence-electron chi connectivity index (χ1n) is 3.85. The lowest BCUT2D eigenvalue weighted by atomic mass is 10.1. The molecule has 0 aromatic heterocycles. The summed E-state index contributed by atoms with van der Waals surface area (Å²) in [5.74, 6) is -0.176. The van der Waals surface area contributed by atoms with Crippen LogP contribution in [0, 0.1) is 11.3 Å². The van der Waals surface area contributed by atoms with Crippen LogP contribution in [0.5, 0.6) is 5.75 Å². The number of halogens is 3. The van der Waals surface area contributed by atoms with Crippen LogP contribution in [0.15, 0.2) is 12.1 Å². The maximum Gasteiger partial charge on any atom is 0.417 e. The van der Waals surface area contributed by atoms with Gasteiger partial charge in [0.15, 0.2) is 0 Å². The van der Waals surface area contributed by atoms with E-state index in [9.17, 15) is 13.2 Å². The zero-order valence-corrected chi connectivity index (χ0v) is 7.72. The topological polar surface area (TPSA) is 59.0 Å². The molecule has 2 N–H and O–H groups in total. The fourth-order valence-electron chi connectivity index (χ4n) is 1.14. The van der Waals surface area contributed by atoms with E-state index in [0.717, 1.165) is 0 Å². The first-order chi connectivity index (χ1) is 6.90. The minimum Gasteiger partial charge on any atom is -0.495 e. The van der Waals surface area contributed by atoms with Crippen LogP contribution in [0.1, 0.15) is 11.1 Å². The molecule has 0 fully saturated rings. The monoisotopic (exact) mass is 216 g/mol. The number of hydrogen-bond acceptors (Lipinski definition) is 3. The Bertz CT molecular complexity index is 421. The molecule has 0 radical (unpaired) electrons. The number of nitrogens with two attached hydrogens (primary N) is 1. The van der Waals surface area contributed by atoms with Crippen LogP contribution in [-0.4, -0.2) is 7.11 Å². The quantitative estimate of drug-likeness (QED) is 0.732. The number of nitriles is 1. The van der Waals surface area contributed by atoms with Gasteiger partial charge in [-0.05, 0) is 6.07 Å². The van der Waals surface area contributed by atoms with Gasteiger partial charge in [0.05, 0.1) is 12.7 Å². The predicted octanol–water partition coefficient (Wildman–Crippen LogP) is 2.17. The van der Waals surface area contributed by atoms with Gasteiger partial charge in [-0.3, -0.25) is 0 Å². The van der Waals surface area contributed by atoms with Crippen molar-refractivity contribution in [2.75, 3.05) is 12.8 Å². The Morgan fingerprint density at radius 3 is 2.40 bits per heavy atom. The molecule has 0 aliphatic carbocycles. The summed E-state index contributed by atoms with van der Waals surface area (Å²) in [6.07, 6.45) is -4.62. The Kier molecular flexibility index (Phi) is 2.75. The number of nitrogens with zero attached hydrogens (tertiary/aromatic N) is 1. The molecular weight excluding hydrogens is 209 g/mol. The summed E-state index contributed by atoms with van der Waals surface area (Å²) in [4.78, 5) is 0. The fraction of sp³-hybridized carbons (Fsp3) is 0.222. The standard InChI is InChI=1S/C9H7F3N2O/c1-15-8-3-5(14)2-7(6(8)4-13)9(10,11)12/h2-3H,14H2,1H3. The average Bonchev–Trinajstić information content (AvgIpc) is 2.15. The summed E-state index contributed by atoms with van der Waals surface area (Å²) < 4.78 is 42.1. The Morgan fingerprint density at radius 1 is 1.40 bits per heavy atom. The van der Waals surface area contributed by atoms with Crippen molar-refractivity contribution in [1.29, 1.82) is 5.26 Å². The number of benzene rings is 1. The number of alkyl halides is 3. The van der Waals surface area contributed by atoms with Crippen molar-refractivity contribution in [2.24, 2.45) is 0 Å². The van der Waals surface area contributed by atoms with Gasteiger partial charge in [0, 0.05) is 11.8 Å². The van der Waals surface area contributed by atoms with Crippen molar-refractivity contribution >= 4 is 5.69 Å². The van der Waals surface area contributed by atoms with Crippen molar-refractivity contribution in [1.82, 2.24) is 0 Å². The number of methoxy groups -OCH3 is 1. The number of ether oxygens (including phenoxy) is 1. The summed E-state index contributed by atoms with van der Waals surface area (Å²) in [7, 11) is 1.18. The molecule has 1 aromatic carbocycles. The smallest absolute Gasteiger partial charge is 0.417 e. The SMILES string of the molecule is COc1cc(N)cc(C(F)(F)F)c1C#N. The molecule has 0 saturated carbocycles. The van der Waals surface area contributed by atoms with Crippen LogP contribution in [-0.2, 0) is 6.18 Å². The predicted molar refractivity (Wildman–Crippen MR) is 47.1 cm³/mol. The maximum atomic E-state index is 12.5. The molecule has 3 nitrogen and oxygen atoms in total. The highest BCUT2D eigenvalue weighted by Gasteiger charge is 2.35. The second-order valence-electron chi connectivity index (χ2n) is 2.76. The maximum absolute atomic E-state index is 12.5. The molecule has 0 aliphatic rings. The van der Waals surface area contributed by atoms with Crippen LogP contribution in [0.25, 0.3) is 0 Å². The lowest BCUT2D eigenvalue weighted by molar-refractivity contribution is -0.137. The van der Waals surface area contributed by atoms with Crippen molar-refractivity contribution < 1.29 is 17.9 Å². The molecule has 0 saturated heterocycles. The third-order valence-electron chi connectivity index (χ3n) is 1.76. The van der Waals surface area contributed by atoms with Gasteiger partial charge in [0.25, 0.3) is 0 Å². The summed E-state index contributed by atoms with van der Waals surface area (Å²) >= 11 is 0. The zero-order valence-electron chi connectivity index (χ0n) is 7.72. The number of rotatable bonds is 1. The highest BCUT2D eigenvalue weighted by atomic mass is 19.4. The Labute approximate surface area is 83.9 Å². The van der Waals surface area contributed by atoms with Crippen molar-refractivity contribution in [3.8, 4) is 11.8 Å². The van der Waals surface area contributed by atoms with Gasteiger partial charge >= 0.3 is 6.18 Å². The molecule has 80 valence electrons. The summed E-state index contributed by atoms with van der Waals surface area (Å²) in [6, 6.07) is 3.33. The first-order valence-corrected chi connectivity index (χ1v) is 3.85. The van der Waals surface area contributed by atoms with E-state index < -0.39 is 17.3 Å². The van der Waals surface area contributed by atoms with E-state index in [1.807, 2.05) is 0 Å². The molecule has 0 atom stereocenters. The molecule has 0 amide bonds. The highest BCUT2D eigenvalue weighted by molar-refractivity contribution is 5.58. The lowest BCUT2D eigenvalue weighted by Crippen LogP contribution is -2.09. The van der Waals surface area contributed by atoms with E-state index in [1.165, 1.54) is 19.2 Å². The summed E-state index contributed by atoms with van der Waals surface area (Å²) in [6.45, 7) is 0. The van der Waals surface area contributed by atoms with Crippen LogP contribution < -0.4 is 10.5 Å². The molecule has 0 aliphatic heterocycles. The zero-order chi connectivity index (χ0) is 11.6. The van der Waals surface area contributed by atoms with E-state index in [-0.39, 0.29) is 11.4 Å². The minimum absolute atomic E-state index is 0.0989. The van der Waals surface area contributed by atoms with E-state index in [4.69, 9.17) is 11.0 Å². The lowest BCUT2D eigenvalue weighted by Gasteiger charge is -2.12. The van der Waals surface area contributed by atoms with Gasteiger partial charge in [-0.1, -0.05) is 0 Å². The summed E-state index contributed by atoms with van der Waals surface area (Å²) in [5.41, 5.74) is 3.53. The van der Waals surface area contributed by atoms with Gasteiger partial charge in [0.2, 0.25) is 0 Å². The molecule has 0 unspecified atom stereocenters. The number of hydrogen-bond donors (Lipinski definition) is 1. The van der Waals surface area contributed by atoms with Gasteiger partial charge in [-0.15, -0.1) is 0 Å². The third kappa shape index (κ3) is 2.13. The van der Waals surface area contributed by atoms with E-state index in [1.54, 1.807) is 0 Å². The van der Waals surface area contributed by atoms with Crippen LogP contribution in [0.2, 0.25) is 0 Å². The Hall–Kier alpha value is -1.90. The van der Waals surface area contributed by atoms with Gasteiger partial charge in [0.1, 0.15) is 17.4 Å². The van der Waals surface area contributed by atoms with E-state index >= 15 is 0 Å². The average molecular weight is 216 g/mol. The van der Waals surface area contributed by atoms with E-state index in [2.05, 4.69) is 4.74 Å². The van der Waals surface area contributed by atoms with Crippen molar-refractivity contribution in [2.45, 2.75) is 6.18 Å². The fourth-order valence-corrected chi connectivity index (χ4v) is 1.14. The molecule has 0 spiro atoms. The molecule has 15 heavy (non-hydrogen) atoms. The number of nitrogen functional groups attached to an aromatic ring is 1. The van der Waals surface area contributed by atoms with Gasteiger partial charge in [-0.2, -0.15) is 18.4 Å². The normalized spacial score (nSPS) is 10.9. The van der Waals surface area contributed by atoms with Crippen molar-refractivity contribution in [3.05, 3.63) is 23.3 Å². The molecule has 6 heteroatoms. The Balaban J connectivity index is 3.51. The molecular formula is C9H7F3N2O. The molecule has 0 heterocycles. The van der Waals surface area contributed by atoms with Crippen LogP contribution in [0.4, 0.5) is 18.9 Å². The van der Waals surface area contributed by atoms with Crippen molar-refractivity contribution in [3.63, 3.8) is 0 Å². The van der Waals surface area contributed by atoms with Gasteiger partial charge in [-0.25, -0.2) is 0 Å². The highest BCUT2D eigenvalue weighted by Crippen LogP contribution is 2.37. The minimum atomic E-state index is -4.62. The second kappa shape index (κ2) is 3.69. The Morgan fingerprint density at radius 2 is 2.00 bits per heavy atom. The molecule has 0 bridgehead atoms. The largest absolute Gasteiger partial charge is 0.495 e. The second-order valence-corrected chi connectivity index (χ2v) is 2.76. The molecule has 1 rings (SSSR count).